The first-order chi connectivity index (χ1) is 9.56. The van der Waals surface area contributed by atoms with E-state index in [9.17, 15) is 9.59 Å². The summed E-state index contributed by atoms with van der Waals surface area (Å²) in [6, 6.07) is 5.29. The highest BCUT2D eigenvalue weighted by Gasteiger charge is 2.36. The van der Waals surface area contributed by atoms with Crippen LogP contribution >= 0.6 is 0 Å². The second-order valence-electron chi connectivity index (χ2n) is 4.93. The second kappa shape index (κ2) is 4.56. The van der Waals surface area contributed by atoms with Crippen LogP contribution < -0.4 is 5.32 Å². The molecule has 1 unspecified atom stereocenters. The Morgan fingerprint density at radius 1 is 1.30 bits per heavy atom. The van der Waals surface area contributed by atoms with Crippen molar-refractivity contribution in [3.8, 4) is 0 Å². The van der Waals surface area contributed by atoms with E-state index in [2.05, 4.69) is 15.3 Å². The van der Waals surface area contributed by atoms with Gasteiger partial charge in [0, 0.05) is 12.4 Å². The van der Waals surface area contributed by atoms with Crippen molar-refractivity contribution in [3.05, 3.63) is 30.1 Å². The van der Waals surface area contributed by atoms with Gasteiger partial charge in [-0.1, -0.05) is 11.6 Å². The van der Waals surface area contributed by atoms with Gasteiger partial charge < -0.3 is 5.32 Å². The van der Waals surface area contributed by atoms with Crippen molar-refractivity contribution < 1.29 is 9.59 Å². The summed E-state index contributed by atoms with van der Waals surface area (Å²) in [7, 11) is 1.49. The summed E-state index contributed by atoms with van der Waals surface area (Å²) < 4.78 is 0. The number of carbonyl (C=O) groups excluding carboxylic acids is 2. The van der Waals surface area contributed by atoms with Gasteiger partial charge >= 0.3 is 0 Å². The molecule has 0 saturated carbocycles. The van der Waals surface area contributed by atoms with Gasteiger partial charge in [0.25, 0.3) is 5.91 Å². The Kier molecular flexibility index (Phi) is 2.85. The van der Waals surface area contributed by atoms with Gasteiger partial charge in [-0.15, -0.1) is 0 Å². The molecule has 1 N–H and O–H groups in total. The Hall–Kier alpha value is -2.50. The van der Waals surface area contributed by atoms with Gasteiger partial charge in [0.1, 0.15) is 18.2 Å². The first-order valence-corrected chi connectivity index (χ1v) is 6.34. The number of amides is 2. The van der Waals surface area contributed by atoms with Crippen LogP contribution in [0, 0.1) is 6.92 Å². The summed E-state index contributed by atoms with van der Waals surface area (Å²) in [5.41, 5.74) is 1.89. The third kappa shape index (κ3) is 1.99. The third-order valence-corrected chi connectivity index (χ3v) is 3.48. The summed E-state index contributed by atoms with van der Waals surface area (Å²) in [6.07, 6.45) is 1.61. The summed E-state index contributed by atoms with van der Waals surface area (Å²) in [4.78, 5) is 33.0. The molecule has 0 bridgehead atoms. The molecule has 6 nitrogen and oxygen atoms in total. The fraction of sp³-hybridized carbons (Fsp3) is 0.286. The molecule has 2 amide bonds. The van der Waals surface area contributed by atoms with E-state index >= 15 is 0 Å². The highest BCUT2D eigenvalue weighted by Crippen LogP contribution is 2.23. The van der Waals surface area contributed by atoms with E-state index in [1.54, 1.807) is 0 Å². The number of likely N-dealkylation sites (N-methyl/N-ethyl adjacent to an activating group) is 1. The number of anilines is 1. The Balaban J connectivity index is 1.97. The predicted molar refractivity (Wildman–Crippen MR) is 74.1 cm³/mol. The largest absolute Gasteiger partial charge is 0.357 e. The van der Waals surface area contributed by atoms with Crippen molar-refractivity contribution in [2.75, 3.05) is 12.4 Å². The maximum Gasteiger partial charge on any atom is 0.251 e. The SMILES string of the molecule is Cc1ccc2ncnc(NC3CC(=O)N(C)C3=O)c2c1. The number of imide groups is 1. The van der Waals surface area contributed by atoms with Crippen LogP contribution in [0.15, 0.2) is 24.5 Å². The molecule has 20 heavy (non-hydrogen) atoms. The molecule has 1 aliphatic rings. The number of hydrogen-bond acceptors (Lipinski definition) is 5. The molecule has 1 aromatic carbocycles. The van der Waals surface area contributed by atoms with Gasteiger partial charge in [0.2, 0.25) is 5.91 Å². The van der Waals surface area contributed by atoms with E-state index in [1.165, 1.54) is 13.4 Å². The lowest BCUT2D eigenvalue weighted by molar-refractivity contribution is -0.136. The van der Waals surface area contributed by atoms with Gasteiger partial charge in [-0.25, -0.2) is 9.97 Å². The fourth-order valence-electron chi connectivity index (χ4n) is 2.32. The molecule has 0 radical (unpaired) electrons. The topological polar surface area (TPSA) is 75.2 Å². The zero-order valence-corrected chi connectivity index (χ0v) is 11.3. The smallest absolute Gasteiger partial charge is 0.251 e. The third-order valence-electron chi connectivity index (χ3n) is 3.48. The van der Waals surface area contributed by atoms with Crippen LogP contribution in [-0.2, 0) is 9.59 Å². The van der Waals surface area contributed by atoms with Crippen molar-refractivity contribution in [1.82, 2.24) is 14.9 Å². The van der Waals surface area contributed by atoms with Crippen molar-refractivity contribution in [2.45, 2.75) is 19.4 Å². The number of aromatic nitrogens is 2. The van der Waals surface area contributed by atoms with E-state index in [1.807, 2.05) is 25.1 Å². The van der Waals surface area contributed by atoms with E-state index < -0.39 is 6.04 Å². The van der Waals surface area contributed by atoms with Gasteiger partial charge in [0.05, 0.1) is 11.9 Å². The van der Waals surface area contributed by atoms with E-state index in [-0.39, 0.29) is 18.2 Å². The fourth-order valence-corrected chi connectivity index (χ4v) is 2.32. The second-order valence-corrected chi connectivity index (χ2v) is 4.93. The maximum atomic E-state index is 11.9. The molecule has 1 fully saturated rings. The lowest BCUT2D eigenvalue weighted by atomic mass is 10.1. The number of hydrogen-bond donors (Lipinski definition) is 1. The van der Waals surface area contributed by atoms with Gasteiger partial charge in [0.15, 0.2) is 0 Å². The lowest BCUT2D eigenvalue weighted by Gasteiger charge is -2.13. The molecule has 102 valence electrons. The Bertz CT molecular complexity index is 713. The zero-order chi connectivity index (χ0) is 14.3. The molecule has 2 aromatic rings. The van der Waals surface area contributed by atoms with E-state index in [0.29, 0.717) is 5.82 Å². The van der Waals surface area contributed by atoms with Gasteiger partial charge in [-0.2, -0.15) is 0 Å². The minimum atomic E-state index is -0.550. The molecule has 1 saturated heterocycles. The number of nitrogens with one attached hydrogen (secondary N) is 1. The number of aryl methyl sites for hydroxylation is 1. The number of fused-ring (bicyclic) bond motifs is 1. The molecule has 0 aliphatic carbocycles. The van der Waals surface area contributed by atoms with Crippen molar-refractivity contribution in [3.63, 3.8) is 0 Å². The zero-order valence-electron chi connectivity index (χ0n) is 11.3. The Morgan fingerprint density at radius 3 is 2.80 bits per heavy atom. The summed E-state index contributed by atoms with van der Waals surface area (Å²) in [6.45, 7) is 1.98. The first-order valence-electron chi connectivity index (χ1n) is 6.34. The standard InChI is InChI=1S/C14H14N4O2/c1-8-3-4-10-9(5-8)13(16-7-15-10)17-11-6-12(19)18(2)14(11)20/h3-5,7,11H,6H2,1-2H3,(H,15,16,17). The van der Waals surface area contributed by atoms with E-state index in [0.717, 1.165) is 21.4 Å². The lowest BCUT2D eigenvalue weighted by Crippen LogP contribution is -2.32. The van der Waals surface area contributed by atoms with Crippen molar-refractivity contribution in [1.29, 1.82) is 0 Å². The molecular weight excluding hydrogens is 256 g/mol. The van der Waals surface area contributed by atoms with Gasteiger partial charge in [-0.3, -0.25) is 14.5 Å². The van der Waals surface area contributed by atoms with Crippen LogP contribution in [0.2, 0.25) is 0 Å². The van der Waals surface area contributed by atoms with Crippen LogP contribution in [0.1, 0.15) is 12.0 Å². The van der Waals surface area contributed by atoms with Crippen LogP contribution in [0.5, 0.6) is 0 Å². The number of carbonyl (C=O) groups is 2. The molecule has 1 aromatic heterocycles. The molecule has 1 atom stereocenters. The summed E-state index contributed by atoms with van der Waals surface area (Å²) >= 11 is 0. The maximum absolute atomic E-state index is 11.9. The quantitative estimate of drug-likeness (QED) is 0.827. The highest BCUT2D eigenvalue weighted by molar-refractivity contribution is 6.07. The summed E-state index contributed by atoms with van der Waals surface area (Å²) in [5.74, 6) is 0.177. The number of rotatable bonds is 2. The predicted octanol–water partition coefficient (Wildman–Crippen LogP) is 1.11. The Morgan fingerprint density at radius 2 is 2.10 bits per heavy atom. The molecular formula is C14H14N4O2. The average Bonchev–Trinajstić information content (AvgIpc) is 2.67. The van der Waals surface area contributed by atoms with Crippen LogP contribution in [0.4, 0.5) is 5.82 Å². The first kappa shape index (κ1) is 12.5. The molecule has 0 spiro atoms. The van der Waals surface area contributed by atoms with Crippen LogP contribution in [0.25, 0.3) is 10.9 Å². The number of benzene rings is 1. The van der Waals surface area contributed by atoms with Crippen LogP contribution in [-0.4, -0.2) is 39.8 Å². The summed E-state index contributed by atoms with van der Waals surface area (Å²) in [5, 5.41) is 3.91. The number of likely N-dealkylation sites (tertiary alicyclic amines) is 1. The monoisotopic (exact) mass is 270 g/mol. The minimum Gasteiger partial charge on any atom is -0.357 e. The Labute approximate surface area is 115 Å². The normalized spacial score (nSPS) is 18.9. The van der Waals surface area contributed by atoms with E-state index in [4.69, 9.17) is 0 Å². The van der Waals surface area contributed by atoms with Crippen molar-refractivity contribution >= 4 is 28.5 Å². The molecule has 6 heteroatoms. The van der Waals surface area contributed by atoms with Crippen molar-refractivity contribution in [2.24, 2.45) is 0 Å². The minimum absolute atomic E-state index is 0.159. The van der Waals surface area contributed by atoms with Gasteiger partial charge in [-0.05, 0) is 19.1 Å². The molecule has 1 aliphatic heterocycles. The van der Waals surface area contributed by atoms with Crippen LogP contribution in [0.3, 0.4) is 0 Å². The highest BCUT2D eigenvalue weighted by atomic mass is 16.2. The molecule has 3 rings (SSSR count). The number of nitrogens with zero attached hydrogens (tertiary/aromatic N) is 3. The average molecular weight is 270 g/mol. The molecule has 2 heterocycles.